The van der Waals surface area contributed by atoms with Gasteiger partial charge in [0.25, 0.3) is 0 Å². The van der Waals surface area contributed by atoms with E-state index in [1.807, 2.05) is 12.5 Å². The van der Waals surface area contributed by atoms with Gasteiger partial charge in [-0.15, -0.1) is 0 Å². The lowest BCUT2D eigenvalue weighted by Crippen LogP contribution is -2.13. The Morgan fingerprint density at radius 1 is 0.857 bits per heavy atom. The fraction of sp³-hybridized carbons (Fsp3) is 0.842. The maximum atomic E-state index is 4.32. The molecule has 0 aliphatic heterocycles. The molecule has 0 saturated carbocycles. The van der Waals surface area contributed by atoms with Crippen molar-refractivity contribution in [3.63, 3.8) is 0 Å². The Morgan fingerprint density at radius 3 is 2.10 bits per heavy atom. The molecular weight excluding hydrogens is 256 g/mol. The first-order valence-electron chi connectivity index (χ1n) is 8.66. The third kappa shape index (κ3) is 8.95. The predicted octanol–water partition coefficient (Wildman–Crippen LogP) is 5.86. The minimum absolute atomic E-state index is 0.338. The number of imidazole rings is 1. The maximum Gasteiger partial charge on any atom is 0.0948 e. The van der Waals surface area contributed by atoms with Crippen molar-refractivity contribution in [1.82, 2.24) is 9.55 Å². The van der Waals surface area contributed by atoms with Gasteiger partial charge >= 0.3 is 0 Å². The zero-order valence-corrected chi connectivity index (χ0v) is 15.2. The first-order chi connectivity index (χ1) is 9.67. The zero-order chi connectivity index (χ0) is 15.9. The van der Waals surface area contributed by atoms with Crippen LogP contribution in [0.15, 0.2) is 12.5 Å². The van der Waals surface area contributed by atoms with Crippen molar-refractivity contribution in [3.8, 4) is 0 Å². The summed E-state index contributed by atoms with van der Waals surface area (Å²) in [4.78, 5) is 4.32. The predicted molar refractivity (Wildman–Crippen MR) is 92.5 cm³/mol. The first-order valence-corrected chi connectivity index (χ1v) is 8.66. The van der Waals surface area contributed by atoms with Crippen LogP contribution >= 0.6 is 0 Å². The number of rotatable bonds is 8. The van der Waals surface area contributed by atoms with E-state index in [1.165, 1.54) is 44.2 Å². The molecule has 0 aliphatic rings. The summed E-state index contributed by atoms with van der Waals surface area (Å²) in [5.74, 6) is 0. The molecule has 0 N–H and O–H groups in total. The Balaban J connectivity index is 2.18. The number of hydrogen-bond donors (Lipinski definition) is 0. The van der Waals surface area contributed by atoms with E-state index in [-0.39, 0.29) is 0 Å². The van der Waals surface area contributed by atoms with Gasteiger partial charge in [0.1, 0.15) is 0 Å². The highest BCUT2D eigenvalue weighted by Crippen LogP contribution is 2.23. The van der Waals surface area contributed by atoms with Crippen LogP contribution in [0.2, 0.25) is 0 Å². The van der Waals surface area contributed by atoms with Crippen molar-refractivity contribution in [2.75, 3.05) is 0 Å². The molecule has 0 unspecified atom stereocenters. The molecule has 0 radical (unpaired) electrons. The smallest absolute Gasteiger partial charge is 0.0948 e. The highest BCUT2D eigenvalue weighted by atomic mass is 15.0. The summed E-state index contributed by atoms with van der Waals surface area (Å²) in [6.45, 7) is 15.0. The third-order valence-corrected chi connectivity index (χ3v) is 3.84. The van der Waals surface area contributed by atoms with Crippen LogP contribution in [0.25, 0.3) is 0 Å². The highest BCUT2D eigenvalue weighted by molar-refractivity contribution is 5.01. The number of nitrogens with zero attached hydrogens (tertiary/aromatic N) is 2. The van der Waals surface area contributed by atoms with E-state index >= 15 is 0 Å². The standard InChI is InChI=1S/C19H36N2/c1-18(2,3)12-10-8-7-9-11-13-21-16-20-15-17(21)14-19(4,5)6/h15-16H,7-14H2,1-6H3. The molecule has 1 heterocycles. The Labute approximate surface area is 132 Å². The van der Waals surface area contributed by atoms with Crippen LogP contribution < -0.4 is 0 Å². The minimum atomic E-state index is 0.338. The second-order valence-corrected chi connectivity index (χ2v) is 8.89. The van der Waals surface area contributed by atoms with E-state index in [9.17, 15) is 0 Å². The Bertz CT molecular complexity index is 390. The van der Waals surface area contributed by atoms with E-state index in [1.54, 1.807) is 0 Å². The van der Waals surface area contributed by atoms with Crippen LogP contribution in [-0.4, -0.2) is 9.55 Å². The molecule has 21 heavy (non-hydrogen) atoms. The van der Waals surface area contributed by atoms with Crippen LogP contribution in [0.1, 0.15) is 85.8 Å². The van der Waals surface area contributed by atoms with Gasteiger partial charge < -0.3 is 4.57 Å². The van der Waals surface area contributed by atoms with Crippen LogP contribution in [0.5, 0.6) is 0 Å². The summed E-state index contributed by atoms with van der Waals surface area (Å²) >= 11 is 0. The zero-order valence-electron chi connectivity index (χ0n) is 15.2. The van der Waals surface area contributed by atoms with Crippen molar-refractivity contribution >= 4 is 0 Å². The van der Waals surface area contributed by atoms with Gasteiger partial charge in [-0.1, -0.05) is 67.2 Å². The molecular formula is C19H36N2. The molecule has 0 aromatic carbocycles. The molecule has 1 rings (SSSR count). The van der Waals surface area contributed by atoms with Gasteiger partial charge in [0, 0.05) is 18.4 Å². The number of unbranched alkanes of at least 4 members (excludes halogenated alkanes) is 4. The van der Waals surface area contributed by atoms with Crippen molar-refractivity contribution < 1.29 is 0 Å². The highest BCUT2D eigenvalue weighted by Gasteiger charge is 2.14. The van der Waals surface area contributed by atoms with E-state index in [0.29, 0.717) is 10.8 Å². The molecule has 0 fully saturated rings. The van der Waals surface area contributed by atoms with Crippen molar-refractivity contribution in [3.05, 3.63) is 18.2 Å². The average molecular weight is 293 g/mol. The molecule has 0 atom stereocenters. The van der Waals surface area contributed by atoms with Crippen LogP contribution in [-0.2, 0) is 13.0 Å². The quantitative estimate of drug-likeness (QED) is 0.549. The first kappa shape index (κ1) is 18.3. The number of hydrogen-bond acceptors (Lipinski definition) is 1. The van der Waals surface area contributed by atoms with Crippen LogP contribution in [0.3, 0.4) is 0 Å². The average Bonchev–Trinajstić information content (AvgIpc) is 2.71. The summed E-state index contributed by atoms with van der Waals surface area (Å²) in [5, 5.41) is 0. The van der Waals surface area contributed by atoms with Crippen LogP contribution in [0.4, 0.5) is 0 Å². The summed E-state index contributed by atoms with van der Waals surface area (Å²) < 4.78 is 2.35. The molecule has 2 heteroatoms. The molecule has 0 bridgehead atoms. The normalized spacial score (nSPS) is 12.9. The van der Waals surface area contributed by atoms with Gasteiger partial charge in [0.2, 0.25) is 0 Å². The van der Waals surface area contributed by atoms with E-state index in [2.05, 4.69) is 51.1 Å². The lowest BCUT2D eigenvalue weighted by atomic mass is 9.89. The van der Waals surface area contributed by atoms with E-state index < -0.39 is 0 Å². The van der Waals surface area contributed by atoms with Crippen LogP contribution in [0, 0.1) is 10.8 Å². The molecule has 0 spiro atoms. The molecule has 2 nitrogen and oxygen atoms in total. The molecule has 0 saturated heterocycles. The molecule has 0 aliphatic carbocycles. The van der Waals surface area contributed by atoms with Gasteiger partial charge in [-0.2, -0.15) is 0 Å². The van der Waals surface area contributed by atoms with Crippen molar-refractivity contribution in [1.29, 1.82) is 0 Å². The molecule has 122 valence electrons. The summed E-state index contributed by atoms with van der Waals surface area (Å²) in [7, 11) is 0. The molecule has 0 amide bonds. The summed E-state index contributed by atoms with van der Waals surface area (Å²) in [6, 6.07) is 0. The number of aromatic nitrogens is 2. The maximum absolute atomic E-state index is 4.32. The second kappa shape index (κ2) is 8.00. The summed E-state index contributed by atoms with van der Waals surface area (Å²) in [6.07, 6.45) is 13.3. The van der Waals surface area contributed by atoms with Gasteiger partial charge in [-0.25, -0.2) is 4.98 Å². The SMILES string of the molecule is CC(C)(C)CCCCCCCn1cncc1CC(C)(C)C. The molecule has 1 aromatic heterocycles. The largest absolute Gasteiger partial charge is 0.335 e. The Hall–Kier alpha value is -0.790. The monoisotopic (exact) mass is 292 g/mol. The van der Waals surface area contributed by atoms with E-state index in [0.717, 1.165) is 13.0 Å². The van der Waals surface area contributed by atoms with Crippen molar-refractivity contribution in [2.24, 2.45) is 10.8 Å². The van der Waals surface area contributed by atoms with Gasteiger partial charge in [-0.3, -0.25) is 0 Å². The van der Waals surface area contributed by atoms with E-state index in [4.69, 9.17) is 0 Å². The lowest BCUT2D eigenvalue weighted by Gasteiger charge is -2.19. The molecule has 1 aromatic rings. The van der Waals surface area contributed by atoms with Crippen molar-refractivity contribution in [2.45, 2.75) is 93.0 Å². The van der Waals surface area contributed by atoms with Gasteiger partial charge in [0.15, 0.2) is 0 Å². The summed E-state index contributed by atoms with van der Waals surface area (Å²) in [5.41, 5.74) is 2.22. The fourth-order valence-corrected chi connectivity index (χ4v) is 2.71. The van der Waals surface area contributed by atoms with Gasteiger partial charge in [0.05, 0.1) is 6.33 Å². The lowest BCUT2D eigenvalue weighted by molar-refractivity contribution is 0.355. The third-order valence-electron chi connectivity index (χ3n) is 3.84. The fourth-order valence-electron chi connectivity index (χ4n) is 2.71. The topological polar surface area (TPSA) is 17.8 Å². The Kier molecular flexibility index (Phi) is 6.96. The minimum Gasteiger partial charge on any atom is -0.335 e. The number of aryl methyl sites for hydroxylation is 1. The Morgan fingerprint density at radius 2 is 1.48 bits per heavy atom. The second-order valence-electron chi connectivity index (χ2n) is 8.89. The van der Waals surface area contributed by atoms with Gasteiger partial charge in [-0.05, 0) is 30.1 Å².